The third-order valence-electron chi connectivity index (χ3n) is 3.53. The Bertz CT molecular complexity index is 401. The van der Waals surface area contributed by atoms with Crippen LogP contribution in [-0.2, 0) is 9.53 Å². The molecule has 2 unspecified atom stereocenters. The van der Waals surface area contributed by atoms with E-state index in [-0.39, 0.29) is 6.10 Å². The minimum absolute atomic E-state index is 0.259. The van der Waals surface area contributed by atoms with E-state index in [2.05, 4.69) is 4.90 Å². The Hall–Kier alpha value is -1.39. The van der Waals surface area contributed by atoms with E-state index in [4.69, 9.17) is 4.74 Å². The van der Waals surface area contributed by atoms with Gasteiger partial charge in [0.25, 0.3) is 0 Å². The number of rotatable bonds is 6. The van der Waals surface area contributed by atoms with Crippen LogP contribution in [0.15, 0.2) is 30.3 Å². The summed E-state index contributed by atoms with van der Waals surface area (Å²) < 4.78 is 5.58. The summed E-state index contributed by atoms with van der Waals surface area (Å²) in [6.45, 7) is 2.15. The molecule has 4 heteroatoms. The molecule has 1 heterocycles. The number of ether oxygens (including phenoxy) is 1. The van der Waals surface area contributed by atoms with E-state index < -0.39 is 11.9 Å². The second-order valence-electron chi connectivity index (χ2n) is 5.16. The lowest BCUT2D eigenvalue weighted by Crippen LogP contribution is -2.34. The number of carbonyl (C=O) groups is 1. The van der Waals surface area contributed by atoms with Crippen molar-refractivity contribution >= 4 is 5.97 Å². The fourth-order valence-corrected chi connectivity index (χ4v) is 2.53. The molecule has 0 aliphatic carbocycles. The molecule has 1 N–H and O–H groups in total. The van der Waals surface area contributed by atoms with Crippen LogP contribution in [0.4, 0.5) is 0 Å². The molecule has 1 aromatic rings. The molecule has 0 aromatic heterocycles. The van der Waals surface area contributed by atoms with Gasteiger partial charge in [-0.25, -0.2) is 0 Å². The highest BCUT2D eigenvalue weighted by atomic mass is 16.5. The molecule has 19 heavy (non-hydrogen) atoms. The topological polar surface area (TPSA) is 49.8 Å². The molecule has 0 radical (unpaired) electrons. The number of carboxylic acids is 1. The van der Waals surface area contributed by atoms with Crippen molar-refractivity contribution in [3.63, 3.8) is 0 Å². The van der Waals surface area contributed by atoms with Gasteiger partial charge in [0.05, 0.1) is 12.0 Å². The van der Waals surface area contributed by atoms with Crippen molar-refractivity contribution < 1.29 is 14.6 Å². The molecule has 1 aromatic carbocycles. The van der Waals surface area contributed by atoms with Gasteiger partial charge in [0.2, 0.25) is 0 Å². The van der Waals surface area contributed by atoms with Gasteiger partial charge >= 0.3 is 5.97 Å². The molecule has 4 nitrogen and oxygen atoms in total. The van der Waals surface area contributed by atoms with Crippen molar-refractivity contribution in [1.29, 1.82) is 0 Å². The Morgan fingerprint density at radius 1 is 1.47 bits per heavy atom. The van der Waals surface area contributed by atoms with Gasteiger partial charge in [0.1, 0.15) is 0 Å². The minimum Gasteiger partial charge on any atom is -0.481 e. The molecule has 104 valence electrons. The predicted octanol–water partition coefficient (Wildman–Crippen LogP) is 1.97. The summed E-state index contributed by atoms with van der Waals surface area (Å²) in [5.41, 5.74) is 0.856. The number of hydrogen-bond acceptors (Lipinski definition) is 3. The van der Waals surface area contributed by atoms with Crippen LogP contribution < -0.4 is 0 Å². The quantitative estimate of drug-likeness (QED) is 0.852. The van der Waals surface area contributed by atoms with Crippen molar-refractivity contribution in [2.24, 2.45) is 0 Å². The summed E-state index contributed by atoms with van der Waals surface area (Å²) in [5.74, 6) is -1.25. The molecule has 1 fully saturated rings. The second kappa shape index (κ2) is 6.68. The van der Waals surface area contributed by atoms with Gasteiger partial charge in [-0.3, -0.25) is 4.79 Å². The number of aliphatic carboxylic acids is 1. The molecule has 1 aliphatic heterocycles. The Balaban J connectivity index is 1.94. The lowest BCUT2D eigenvalue weighted by atomic mass is 9.98. The van der Waals surface area contributed by atoms with Crippen molar-refractivity contribution in [3.8, 4) is 0 Å². The molecular weight excluding hydrogens is 242 g/mol. The molecule has 2 rings (SSSR count). The lowest BCUT2D eigenvalue weighted by molar-refractivity contribution is -0.139. The zero-order valence-corrected chi connectivity index (χ0v) is 11.3. The minimum atomic E-state index is -0.773. The maximum atomic E-state index is 11.4. The van der Waals surface area contributed by atoms with E-state index >= 15 is 0 Å². The van der Waals surface area contributed by atoms with Gasteiger partial charge in [-0.2, -0.15) is 0 Å². The van der Waals surface area contributed by atoms with E-state index in [1.165, 1.54) is 0 Å². The first-order valence-corrected chi connectivity index (χ1v) is 6.74. The zero-order chi connectivity index (χ0) is 13.7. The predicted molar refractivity (Wildman–Crippen MR) is 73.3 cm³/mol. The molecule has 1 aliphatic rings. The third-order valence-corrected chi connectivity index (χ3v) is 3.53. The number of nitrogens with zero attached hydrogens (tertiary/aromatic N) is 1. The van der Waals surface area contributed by atoms with Gasteiger partial charge in [-0.05, 0) is 25.5 Å². The van der Waals surface area contributed by atoms with E-state index in [1.54, 1.807) is 0 Å². The fraction of sp³-hybridized carbons (Fsp3) is 0.533. The van der Waals surface area contributed by atoms with E-state index in [0.717, 1.165) is 31.6 Å². The van der Waals surface area contributed by atoms with E-state index in [0.29, 0.717) is 6.54 Å². The zero-order valence-electron chi connectivity index (χ0n) is 11.3. The van der Waals surface area contributed by atoms with Crippen molar-refractivity contribution in [2.45, 2.75) is 24.9 Å². The first kappa shape index (κ1) is 14.0. The second-order valence-corrected chi connectivity index (χ2v) is 5.16. The Morgan fingerprint density at radius 3 is 2.79 bits per heavy atom. The van der Waals surface area contributed by atoms with Crippen molar-refractivity contribution in [3.05, 3.63) is 35.9 Å². The van der Waals surface area contributed by atoms with Crippen LogP contribution in [0.3, 0.4) is 0 Å². The van der Waals surface area contributed by atoms with Gasteiger partial charge in [0, 0.05) is 19.7 Å². The Kier molecular flexibility index (Phi) is 4.93. The molecule has 1 saturated heterocycles. The number of benzene rings is 1. The highest BCUT2D eigenvalue weighted by Crippen LogP contribution is 2.19. The number of carboxylic acid groups (broad SMARTS) is 1. The number of likely N-dealkylation sites (N-methyl/N-ethyl adjacent to an activating group) is 1. The Morgan fingerprint density at radius 2 is 2.21 bits per heavy atom. The summed E-state index contributed by atoms with van der Waals surface area (Å²) in [4.78, 5) is 13.5. The molecule has 0 saturated carbocycles. The SMILES string of the molecule is CN(CC1CCCO1)CC(C(=O)O)c1ccccc1. The highest BCUT2D eigenvalue weighted by Gasteiger charge is 2.24. The molecule has 0 bridgehead atoms. The molecule has 0 spiro atoms. The summed E-state index contributed by atoms with van der Waals surface area (Å²) in [5, 5.41) is 9.38. The van der Waals surface area contributed by atoms with E-state index in [9.17, 15) is 9.90 Å². The van der Waals surface area contributed by atoms with Gasteiger partial charge in [0.15, 0.2) is 0 Å². The molecule has 2 atom stereocenters. The molecular formula is C15H21NO3. The van der Waals surface area contributed by atoms with Crippen molar-refractivity contribution in [1.82, 2.24) is 4.90 Å². The molecule has 0 amide bonds. The Labute approximate surface area is 114 Å². The lowest BCUT2D eigenvalue weighted by Gasteiger charge is -2.24. The summed E-state index contributed by atoms with van der Waals surface area (Å²) >= 11 is 0. The van der Waals surface area contributed by atoms with Crippen LogP contribution in [-0.4, -0.2) is 48.8 Å². The van der Waals surface area contributed by atoms with Crippen LogP contribution >= 0.6 is 0 Å². The first-order valence-electron chi connectivity index (χ1n) is 6.74. The van der Waals surface area contributed by atoms with Crippen LogP contribution in [0, 0.1) is 0 Å². The summed E-state index contributed by atoms with van der Waals surface area (Å²) in [7, 11) is 1.96. The van der Waals surface area contributed by atoms with E-state index in [1.807, 2.05) is 37.4 Å². The first-order chi connectivity index (χ1) is 9.16. The normalized spacial score (nSPS) is 20.6. The third kappa shape index (κ3) is 4.04. The van der Waals surface area contributed by atoms with Gasteiger partial charge < -0.3 is 14.7 Å². The maximum absolute atomic E-state index is 11.4. The van der Waals surface area contributed by atoms with Crippen LogP contribution in [0.5, 0.6) is 0 Å². The van der Waals surface area contributed by atoms with Gasteiger partial charge in [-0.1, -0.05) is 30.3 Å². The summed E-state index contributed by atoms with van der Waals surface area (Å²) in [6, 6.07) is 9.41. The van der Waals surface area contributed by atoms with Crippen LogP contribution in [0.2, 0.25) is 0 Å². The smallest absolute Gasteiger partial charge is 0.312 e. The fourth-order valence-electron chi connectivity index (χ4n) is 2.53. The standard InChI is InChI=1S/C15H21NO3/c1-16(10-13-8-5-9-19-13)11-14(15(17)18)12-6-3-2-4-7-12/h2-4,6-7,13-14H,5,8-11H2,1H3,(H,17,18). The van der Waals surface area contributed by atoms with Gasteiger partial charge in [-0.15, -0.1) is 0 Å². The number of hydrogen-bond donors (Lipinski definition) is 1. The average molecular weight is 263 g/mol. The maximum Gasteiger partial charge on any atom is 0.312 e. The average Bonchev–Trinajstić information content (AvgIpc) is 2.89. The van der Waals surface area contributed by atoms with Crippen LogP contribution in [0.1, 0.15) is 24.3 Å². The van der Waals surface area contributed by atoms with Crippen molar-refractivity contribution in [2.75, 3.05) is 26.7 Å². The monoisotopic (exact) mass is 263 g/mol. The van der Waals surface area contributed by atoms with Crippen LogP contribution in [0.25, 0.3) is 0 Å². The highest BCUT2D eigenvalue weighted by molar-refractivity contribution is 5.76. The summed E-state index contributed by atoms with van der Waals surface area (Å²) in [6.07, 6.45) is 2.45. The largest absolute Gasteiger partial charge is 0.481 e.